The van der Waals surface area contributed by atoms with E-state index in [0.717, 1.165) is 31.5 Å². The first kappa shape index (κ1) is 17.5. The largest absolute Gasteiger partial charge is 0.449 e. The number of sulfonamides is 1. The summed E-state index contributed by atoms with van der Waals surface area (Å²) >= 11 is 0. The first-order valence-corrected chi connectivity index (χ1v) is 10.1. The van der Waals surface area contributed by atoms with Crippen LogP contribution in [0, 0.1) is 6.92 Å². The number of benzene rings is 1. The summed E-state index contributed by atoms with van der Waals surface area (Å²) in [7, 11) is -3.73. The highest BCUT2D eigenvalue weighted by Gasteiger charge is 2.17. The SMILES string of the molecule is Cc1nc(-c2ccc(S(=O)(=O)Nc3cnc(N4CCCC4)nc3)cc2)co1. The summed E-state index contributed by atoms with van der Waals surface area (Å²) in [6, 6.07) is 6.44. The van der Waals surface area contributed by atoms with Gasteiger partial charge in [-0.25, -0.2) is 23.4 Å². The van der Waals surface area contributed by atoms with Crippen molar-refractivity contribution in [1.82, 2.24) is 15.0 Å². The van der Waals surface area contributed by atoms with Gasteiger partial charge in [0.2, 0.25) is 5.95 Å². The molecule has 1 N–H and O–H groups in total. The Hall–Kier alpha value is -2.94. The van der Waals surface area contributed by atoms with E-state index in [1.165, 1.54) is 30.8 Å². The van der Waals surface area contributed by atoms with E-state index in [1.807, 2.05) is 0 Å². The van der Waals surface area contributed by atoms with Gasteiger partial charge in [-0.3, -0.25) is 4.72 Å². The molecule has 1 fully saturated rings. The van der Waals surface area contributed by atoms with Crippen LogP contribution in [0.15, 0.2) is 52.2 Å². The second-order valence-electron chi connectivity index (χ2n) is 6.35. The lowest BCUT2D eigenvalue weighted by Crippen LogP contribution is -2.20. The van der Waals surface area contributed by atoms with Gasteiger partial charge >= 0.3 is 0 Å². The zero-order valence-corrected chi connectivity index (χ0v) is 15.6. The van der Waals surface area contributed by atoms with Crippen LogP contribution < -0.4 is 9.62 Å². The molecule has 1 aliphatic heterocycles. The normalized spacial score (nSPS) is 14.5. The number of nitrogens with zero attached hydrogens (tertiary/aromatic N) is 4. The third kappa shape index (κ3) is 3.77. The van der Waals surface area contributed by atoms with Gasteiger partial charge in [-0.2, -0.15) is 0 Å². The molecule has 0 saturated carbocycles. The fourth-order valence-electron chi connectivity index (χ4n) is 2.97. The molecule has 9 heteroatoms. The molecule has 0 amide bonds. The lowest BCUT2D eigenvalue weighted by molar-refractivity contribution is 0.521. The molecule has 0 unspecified atom stereocenters. The minimum atomic E-state index is -3.73. The Labute approximate surface area is 157 Å². The summed E-state index contributed by atoms with van der Waals surface area (Å²) in [5.41, 5.74) is 1.77. The van der Waals surface area contributed by atoms with Crippen molar-refractivity contribution in [2.75, 3.05) is 22.7 Å². The smallest absolute Gasteiger partial charge is 0.261 e. The standard InChI is InChI=1S/C18H19N5O3S/c1-13-21-17(12-26-13)14-4-6-16(7-5-14)27(24,25)22-15-10-19-18(20-11-15)23-8-2-3-9-23/h4-7,10-12,22H,2-3,8-9H2,1H3. The van der Waals surface area contributed by atoms with Gasteiger partial charge in [-0.05, 0) is 25.0 Å². The van der Waals surface area contributed by atoms with Crippen LogP contribution >= 0.6 is 0 Å². The van der Waals surface area contributed by atoms with Crippen LogP contribution in [0.25, 0.3) is 11.3 Å². The molecule has 1 saturated heterocycles. The Balaban J connectivity index is 1.49. The molecule has 0 bridgehead atoms. The highest BCUT2D eigenvalue weighted by molar-refractivity contribution is 7.92. The zero-order chi connectivity index (χ0) is 18.9. The van der Waals surface area contributed by atoms with Crippen molar-refractivity contribution in [3.8, 4) is 11.3 Å². The topological polar surface area (TPSA) is 101 Å². The van der Waals surface area contributed by atoms with Crippen LogP contribution in [0.3, 0.4) is 0 Å². The molecule has 0 spiro atoms. The molecule has 3 heterocycles. The summed E-state index contributed by atoms with van der Waals surface area (Å²) in [4.78, 5) is 15.0. The average Bonchev–Trinajstić information content (AvgIpc) is 3.34. The fourth-order valence-corrected chi connectivity index (χ4v) is 4.00. The Morgan fingerprint density at radius 1 is 1.07 bits per heavy atom. The van der Waals surface area contributed by atoms with E-state index >= 15 is 0 Å². The van der Waals surface area contributed by atoms with Crippen LogP contribution in [0.5, 0.6) is 0 Å². The Kier molecular flexibility index (Phi) is 4.53. The number of nitrogens with one attached hydrogen (secondary N) is 1. The van der Waals surface area contributed by atoms with Crippen molar-refractivity contribution in [2.24, 2.45) is 0 Å². The van der Waals surface area contributed by atoms with E-state index < -0.39 is 10.0 Å². The van der Waals surface area contributed by atoms with Gasteiger partial charge < -0.3 is 9.32 Å². The highest BCUT2D eigenvalue weighted by Crippen LogP contribution is 2.22. The summed E-state index contributed by atoms with van der Waals surface area (Å²) in [6.07, 6.45) is 6.77. The van der Waals surface area contributed by atoms with Crippen molar-refractivity contribution in [3.05, 3.63) is 48.8 Å². The molecule has 0 atom stereocenters. The lowest BCUT2D eigenvalue weighted by atomic mass is 10.2. The van der Waals surface area contributed by atoms with Gasteiger partial charge in [0.1, 0.15) is 12.0 Å². The van der Waals surface area contributed by atoms with Gasteiger partial charge in [0.15, 0.2) is 5.89 Å². The Morgan fingerprint density at radius 2 is 1.74 bits per heavy atom. The molecule has 4 rings (SSSR count). The molecule has 0 aliphatic carbocycles. The van der Waals surface area contributed by atoms with Gasteiger partial charge in [-0.1, -0.05) is 12.1 Å². The summed E-state index contributed by atoms with van der Waals surface area (Å²) in [5.74, 6) is 1.18. The van der Waals surface area contributed by atoms with E-state index in [-0.39, 0.29) is 4.90 Å². The molecule has 8 nitrogen and oxygen atoms in total. The van der Waals surface area contributed by atoms with Crippen molar-refractivity contribution < 1.29 is 12.8 Å². The zero-order valence-electron chi connectivity index (χ0n) is 14.8. The molecule has 140 valence electrons. The maximum absolute atomic E-state index is 12.6. The average molecular weight is 385 g/mol. The van der Waals surface area contributed by atoms with Gasteiger partial charge in [0.25, 0.3) is 10.0 Å². The van der Waals surface area contributed by atoms with Crippen LogP contribution in [-0.4, -0.2) is 36.5 Å². The van der Waals surface area contributed by atoms with E-state index in [1.54, 1.807) is 19.1 Å². The monoisotopic (exact) mass is 385 g/mol. The predicted octanol–water partition coefficient (Wildman–Crippen LogP) is 2.84. The molecule has 27 heavy (non-hydrogen) atoms. The van der Waals surface area contributed by atoms with E-state index in [2.05, 4.69) is 24.6 Å². The van der Waals surface area contributed by atoms with E-state index in [4.69, 9.17) is 4.42 Å². The maximum Gasteiger partial charge on any atom is 0.261 e. The molecule has 2 aromatic heterocycles. The van der Waals surface area contributed by atoms with Crippen LogP contribution in [-0.2, 0) is 10.0 Å². The molecule has 0 radical (unpaired) electrons. The number of aromatic nitrogens is 3. The van der Waals surface area contributed by atoms with Crippen molar-refractivity contribution in [2.45, 2.75) is 24.7 Å². The van der Waals surface area contributed by atoms with Gasteiger partial charge in [0.05, 0.1) is 23.0 Å². The van der Waals surface area contributed by atoms with Gasteiger partial charge in [0, 0.05) is 25.6 Å². The molecular weight excluding hydrogens is 366 g/mol. The minimum absolute atomic E-state index is 0.148. The van der Waals surface area contributed by atoms with Crippen molar-refractivity contribution in [3.63, 3.8) is 0 Å². The highest BCUT2D eigenvalue weighted by atomic mass is 32.2. The first-order chi connectivity index (χ1) is 13.0. The van der Waals surface area contributed by atoms with E-state index in [9.17, 15) is 8.42 Å². The summed E-state index contributed by atoms with van der Waals surface area (Å²) < 4.78 is 32.9. The second kappa shape index (κ2) is 6.99. The van der Waals surface area contributed by atoms with E-state index in [0.29, 0.717) is 23.2 Å². The number of anilines is 2. The fraction of sp³-hybridized carbons (Fsp3) is 0.278. The van der Waals surface area contributed by atoms with Crippen LogP contribution in [0.1, 0.15) is 18.7 Å². The molecule has 1 aliphatic rings. The van der Waals surface area contributed by atoms with Gasteiger partial charge in [-0.15, -0.1) is 0 Å². The molecule has 1 aromatic carbocycles. The maximum atomic E-state index is 12.6. The predicted molar refractivity (Wildman–Crippen MR) is 101 cm³/mol. The molecular formula is C18H19N5O3S. The summed E-state index contributed by atoms with van der Waals surface area (Å²) in [6.45, 7) is 3.62. The Bertz CT molecular complexity index is 1020. The Morgan fingerprint density at radius 3 is 2.33 bits per heavy atom. The molecule has 3 aromatic rings. The minimum Gasteiger partial charge on any atom is -0.449 e. The lowest BCUT2D eigenvalue weighted by Gasteiger charge is -2.15. The summed E-state index contributed by atoms with van der Waals surface area (Å²) in [5, 5.41) is 0. The first-order valence-electron chi connectivity index (χ1n) is 8.64. The van der Waals surface area contributed by atoms with Crippen molar-refractivity contribution in [1.29, 1.82) is 0 Å². The quantitative estimate of drug-likeness (QED) is 0.720. The third-order valence-corrected chi connectivity index (χ3v) is 5.76. The number of aryl methyl sites for hydroxylation is 1. The van der Waals surface area contributed by atoms with Crippen molar-refractivity contribution >= 4 is 21.7 Å². The third-order valence-electron chi connectivity index (χ3n) is 4.36. The number of oxazole rings is 1. The number of hydrogen-bond donors (Lipinski definition) is 1. The number of hydrogen-bond acceptors (Lipinski definition) is 7. The van der Waals surface area contributed by atoms with Crippen LogP contribution in [0.2, 0.25) is 0 Å². The van der Waals surface area contributed by atoms with Crippen LogP contribution in [0.4, 0.5) is 11.6 Å². The second-order valence-corrected chi connectivity index (χ2v) is 8.03. The number of rotatable bonds is 5.